The van der Waals surface area contributed by atoms with Crippen LogP contribution in [-0.4, -0.2) is 45.0 Å². The molecule has 0 aliphatic rings. The van der Waals surface area contributed by atoms with Crippen molar-refractivity contribution in [1.82, 2.24) is 4.31 Å². The summed E-state index contributed by atoms with van der Waals surface area (Å²) in [7, 11) is -1.07. The number of hydrogen-bond donors (Lipinski definition) is 0. The van der Waals surface area contributed by atoms with E-state index in [9.17, 15) is 13.2 Å². The average Bonchev–Trinajstić information content (AvgIpc) is 2.67. The van der Waals surface area contributed by atoms with Crippen LogP contribution in [0.1, 0.15) is 25.0 Å². The average molecular weight is 406 g/mol. The highest BCUT2D eigenvalue weighted by molar-refractivity contribution is 7.89. The quantitative estimate of drug-likeness (QED) is 0.631. The van der Waals surface area contributed by atoms with Crippen LogP contribution in [0.25, 0.3) is 0 Å². The number of ether oxygens (including phenoxy) is 2. The Kier molecular flexibility index (Phi) is 7.21. The summed E-state index contributed by atoms with van der Waals surface area (Å²) in [5, 5.41) is 0. The highest BCUT2D eigenvalue weighted by Crippen LogP contribution is 2.25. The number of methoxy groups -OCH3 is 2. The highest BCUT2D eigenvalue weighted by atomic mass is 32.2. The fraction of sp³-hybridized carbons (Fsp3) is 0.381. The first-order chi connectivity index (χ1) is 13.2. The zero-order valence-corrected chi connectivity index (χ0v) is 17.7. The monoisotopic (exact) mass is 405 g/mol. The van der Waals surface area contributed by atoms with E-state index in [1.807, 2.05) is 31.2 Å². The smallest absolute Gasteiger partial charge is 0.323 e. The molecule has 0 saturated carbocycles. The van der Waals surface area contributed by atoms with E-state index in [2.05, 4.69) is 0 Å². The van der Waals surface area contributed by atoms with Crippen molar-refractivity contribution in [3.8, 4) is 5.75 Å². The maximum Gasteiger partial charge on any atom is 0.323 e. The number of benzene rings is 2. The summed E-state index contributed by atoms with van der Waals surface area (Å²) in [5.41, 5.74) is 1.86. The predicted molar refractivity (Wildman–Crippen MR) is 108 cm³/mol. The lowest BCUT2D eigenvalue weighted by atomic mass is 10.1. The van der Waals surface area contributed by atoms with E-state index in [4.69, 9.17) is 9.47 Å². The molecule has 0 fully saturated rings. The fourth-order valence-corrected chi connectivity index (χ4v) is 4.94. The van der Waals surface area contributed by atoms with E-state index in [1.165, 1.54) is 11.4 Å². The van der Waals surface area contributed by atoms with Gasteiger partial charge in [-0.25, -0.2) is 8.42 Å². The molecule has 0 aliphatic heterocycles. The zero-order chi connectivity index (χ0) is 20.9. The summed E-state index contributed by atoms with van der Waals surface area (Å²) >= 11 is 0. The molecule has 6 nitrogen and oxygen atoms in total. The first-order valence-corrected chi connectivity index (χ1v) is 10.5. The maximum atomic E-state index is 13.4. The number of esters is 1. The van der Waals surface area contributed by atoms with Crippen molar-refractivity contribution in [2.45, 2.75) is 44.2 Å². The van der Waals surface area contributed by atoms with E-state index in [0.29, 0.717) is 12.2 Å². The number of rotatable bonds is 8. The van der Waals surface area contributed by atoms with Gasteiger partial charge in [0.15, 0.2) is 0 Å². The molecule has 7 heteroatoms. The Morgan fingerprint density at radius 1 is 1.07 bits per heavy atom. The van der Waals surface area contributed by atoms with Crippen LogP contribution in [-0.2, 0) is 26.0 Å². The first kappa shape index (κ1) is 21.9. The molecule has 28 heavy (non-hydrogen) atoms. The standard InChI is InChI=1S/C21H27NO5S/c1-15-9-11-20(12-10-15)28(24,25)22(17(3)21(23)27-5)16(2)13-18-7-6-8-19(14-18)26-4/h6-12,14,16-17H,13H2,1-5H3. The minimum atomic E-state index is -3.91. The van der Waals surface area contributed by atoms with E-state index < -0.39 is 28.1 Å². The molecule has 152 valence electrons. The number of carbonyl (C=O) groups excluding carboxylic acids is 1. The van der Waals surface area contributed by atoms with Gasteiger partial charge >= 0.3 is 5.97 Å². The van der Waals surface area contributed by atoms with Crippen LogP contribution in [0.2, 0.25) is 0 Å². The molecule has 0 heterocycles. The molecule has 0 spiro atoms. The van der Waals surface area contributed by atoms with Gasteiger partial charge < -0.3 is 9.47 Å². The Bertz CT molecular complexity index is 909. The van der Waals surface area contributed by atoms with Gasteiger partial charge in [-0.2, -0.15) is 4.31 Å². The minimum absolute atomic E-state index is 0.145. The first-order valence-electron chi connectivity index (χ1n) is 9.01. The Labute approximate surface area is 167 Å². The summed E-state index contributed by atoms with van der Waals surface area (Å²) < 4.78 is 38.0. The van der Waals surface area contributed by atoms with Gasteiger partial charge in [0.1, 0.15) is 11.8 Å². The second-order valence-corrected chi connectivity index (χ2v) is 8.59. The molecular weight excluding hydrogens is 378 g/mol. The van der Waals surface area contributed by atoms with Crippen molar-refractivity contribution in [2.24, 2.45) is 0 Å². The molecule has 2 rings (SSSR count). The normalized spacial score (nSPS) is 13.8. The molecule has 2 aromatic carbocycles. The van der Waals surface area contributed by atoms with Crippen LogP contribution in [0.5, 0.6) is 5.75 Å². The number of nitrogens with zero attached hydrogens (tertiary/aromatic N) is 1. The SMILES string of the molecule is COC(=O)C(C)N(C(C)Cc1cccc(OC)c1)S(=O)(=O)c1ccc(C)cc1. The molecule has 2 aromatic rings. The largest absolute Gasteiger partial charge is 0.497 e. The third-order valence-electron chi connectivity index (χ3n) is 4.62. The minimum Gasteiger partial charge on any atom is -0.497 e. The van der Waals surface area contributed by atoms with Gasteiger partial charge in [-0.05, 0) is 57.0 Å². The van der Waals surface area contributed by atoms with Crippen LogP contribution in [0.15, 0.2) is 53.4 Å². The van der Waals surface area contributed by atoms with Gasteiger partial charge in [-0.15, -0.1) is 0 Å². The van der Waals surface area contributed by atoms with Crippen LogP contribution in [0.3, 0.4) is 0 Å². The van der Waals surface area contributed by atoms with Gasteiger partial charge in [0.25, 0.3) is 0 Å². The molecule has 0 amide bonds. The lowest BCUT2D eigenvalue weighted by Crippen LogP contribution is -2.49. The van der Waals surface area contributed by atoms with Crippen molar-refractivity contribution in [1.29, 1.82) is 0 Å². The van der Waals surface area contributed by atoms with Crippen molar-refractivity contribution >= 4 is 16.0 Å². The summed E-state index contributed by atoms with van der Waals surface area (Å²) in [6.45, 7) is 5.21. The number of carbonyl (C=O) groups is 1. The van der Waals surface area contributed by atoms with E-state index >= 15 is 0 Å². The highest BCUT2D eigenvalue weighted by Gasteiger charge is 2.37. The molecule has 0 N–H and O–H groups in total. The maximum absolute atomic E-state index is 13.4. The second-order valence-electron chi connectivity index (χ2n) is 6.75. The fourth-order valence-electron chi connectivity index (χ4n) is 3.16. The molecule has 0 bridgehead atoms. The van der Waals surface area contributed by atoms with E-state index in [-0.39, 0.29) is 4.90 Å². The van der Waals surface area contributed by atoms with E-state index in [0.717, 1.165) is 11.1 Å². The summed E-state index contributed by atoms with van der Waals surface area (Å²) in [4.78, 5) is 12.3. The zero-order valence-electron chi connectivity index (χ0n) is 16.9. The number of aryl methyl sites for hydroxylation is 1. The van der Waals surface area contributed by atoms with Gasteiger partial charge in [0.05, 0.1) is 19.1 Å². The van der Waals surface area contributed by atoms with Gasteiger partial charge in [-0.3, -0.25) is 4.79 Å². The topological polar surface area (TPSA) is 72.9 Å². The number of sulfonamides is 1. The Hall–Kier alpha value is -2.38. The van der Waals surface area contributed by atoms with Crippen molar-refractivity contribution in [2.75, 3.05) is 14.2 Å². The Morgan fingerprint density at radius 2 is 1.71 bits per heavy atom. The second kappa shape index (κ2) is 9.21. The molecule has 2 atom stereocenters. The van der Waals surface area contributed by atoms with Crippen LogP contribution in [0, 0.1) is 6.92 Å². The summed E-state index contributed by atoms with van der Waals surface area (Å²) in [5.74, 6) is 0.0897. The molecule has 2 unspecified atom stereocenters. The Balaban J connectivity index is 2.43. The van der Waals surface area contributed by atoms with Crippen molar-refractivity contribution in [3.05, 3.63) is 59.7 Å². The molecule has 0 saturated heterocycles. The third-order valence-corrected chi connectivity index (χ3v) is 6.72. The molecule has 0 aliphatic carbocycles. The van der Waals surface area contributed by atoms with Gasteiger partial charge in [0, 0.05) is 6.04 Å². The van der Waals surface area contributed by atoms with Crippen LogP contribution < -0.4 is 4.74 Å². The molecular formula is C21H27NO5S. The van der Waals surface area contributed by atoms with Crippen LogP contribution in [0.4, 0.5) is 0 Å². The van der Waals surface area contributed by atoms with Crippen molar-refractivity contribution in [3.63, 3.8) is 0 Å². The molecule has 0 radical (unpaired) electrons. The number of hydrogen-bond acceptors (Lipinski definition) is 5. The van der Waals surface area contributed by atoms with Crippen molar-refractivity contribution < 1.29 is 22.7 Å². The van der Waals surface area contributed by atoms with Crippen LogP contribution >= 0.6 is 0 Å². The summed E-state index contributed by atoms with van der Waals surface area (Å²) in [6, 6.07) is 12.6. The van der Waals surface area contributed by atoms with Gasteiger partial charge in [-0.1, -0.05) is 29.8 Å². The lowest BCUT2D eigenvalue weighted by molar-refractivity contribution is -0.145. The van der Waals surface area contributed by atoms with Gasteiger partial charge in [0.2, 0.25) is 10.0 Å². The lowest BCUT2D eigenvalue weighted by Gasteiger charge is -2.32. The van der Waals surface area contributed by atoms with E-state index in [1.54, 1.807) is 45.2 Å². The predicted octanol–water partition coefficient (Wildman–Crippen LogP) is 3.19. The molecule has 0 aromatic heterocycles. The Morgan fingerprint density at radius 3 is 2.29 bits per heavy atom. The third kappa shape index (κ3) is 4.91. The summed E-state index contributed by atoms with van der Waals surface area (Å²) in [6.07, 6.45) is 0.420.